The number of hydrogen-bond donors (Lipinski definition) is 2. The van der Waals surface area contributed by atoms with Gasteiger partial charge in [0.15, 0.2) is 11.5 Å². The molecule has 1 aliphatic rings. The molecule has 1 aromatic carbocycles. The molecule has 2 aromatic rings. The van der Waals surface area contributed by atoms with Gasteiger partial charge in [-0.2, -0.15) is 0 Å². The highest BCUT2D eigenvalue weighted by Crippen LogP contribution is 2.35. The maximum absolute atomic E-state index is 12.6. The van der Waals surface area contributed by atoms with Gasteiger partial charge in [-0.1, -0.05) is 0 Å². The van der Waals surface area contributed by atoms with Crippen LogP contribution >= 0.6 is 11.3 Å². The molecule has 1 saturated heterocycles. The van der Waals surface area contributed by atoms with Gasteiger partial charge in [-0.3, -0.25) is 14.9 Å². The Balaban J connectivity index is 1.83. The summed E-state index contributed by atoms with van der Waals surface area (Å²) in [5.74, 6) is -0.0418. The zero-order valence-electron chi connectivity index (χ0n) is 14.8. The number of ether oxygens (including phenoxy) is 2. The quantitative estimate of drug-likeness (QED) is 0.548. The summed E-state index contributed by atoms with van der Waals surface area (Å²) in [7, 11) is 1.42. The molecule has 0 unspecified atom stereocenters. The normalized spacial score (nSPS) is 14.6. The largest absolute Gasteiger partial charge is 0.493 e. The molecule has 1 aromatic heterocycles. The summed E-state index contributed by atoms with van der Waals surface area (Å²) in [5.41, 5.74) is 2.01. The Morgan fingerprint density at radius 2 is 2.19 bits per heavy atom. The van der Waals surface area contributed by atoms with E-state index in [1.165, 1.54) is 30.6 Å². The van der Waals surface area contributed by atoms with Crippen molar-refractivity contribution in [1.82, 2.24) is 15.6 Å². The van der Waals surface area contributed by atoms with Crippen molar-refractivity contribution in [2.45, 2.75) is 25.5 Å². The average Bonchev–Trinajstić information content (AvgIpc) is 3.20. The lowest BCUT2D eigenvalue weighted by Crippen LogP contribution is -2.42. The molecule has 0 atom stereocenters. The van der Waals surface area contributed by atoms with Crippen LogP contribution in [0.4, 0.5) is 5.69 Å². The van der Waals surface area contributed by atoms with Gasteiger partial charge in [-0.15, -0.1) is 11.3 Å². The smallest absolute Gasteiger partial charge is 0.286 e. The first-order valence-corrected chi connectivity index (χ1v) is 9.40. The number of thiazole rings is 1. The third-order valence-electron chi connectivity index (χ3n) is 4.26. The first kappa shape index (κ1) is 19.1. The maximum atomic E-state index is 12.6. The molecule has 0 bridgehead atoms. The number of carbonyl (C=O) groups is 1. The van der Waals surface area contributed by atoms with E-state index >= 15 is 0 Å². The van der Waals surface area contributed by atoms with Gasteiger partial charge in [0.05, 0.1) is 29.3 Å². The zero-order valence-corrected chi connectivity index (χ0v) is 15.6. The third kappa shape index (κ3) is 4.72. The number of amides is 1. The Morgan fingerprint density at radius 1 is 1.41 bits per heavy atom. The summed E-state index contributed by atoms with van der Waals surface area (Å²) in [6, 6.07) is 2.57. The van der Waals surface area contributed by atoms with Crippen LogP contribution in [0.3, 0.4) is 0 Å². The standard InChI is InChI=1S/C17H20N4O5S/c1-25-15-6-13(17(22)20-11-2-4-18-5-3-11)14(21(23)24)7-16(15)26-8-12-9-27-10-19-12/h6-7,9-11,18H,2-5,8H2,1H3,(H,20,22). The van der Waals surface area contributed by atoms with Gasteiger partial charge in [-0.05, 0) is 25.9 Å². The molecule has 0 aliphatic carbocycles. The Labute approximate surface area is 159 Å². The molecule has 0 radical (unpaired) electrons. The number of methoxy groups -OCH3 is 1. The summed E-state index contributed by atoms with van der Waals surface area (Å²) in [5, 5.41) is 19.4. The van der Waals surface area contributed by atoms with Gasteiger partial charge in [0.2, 0.25) is 0 Å². The van der Waals surface area contributed by atoms with Gasteiger partial charge in [0.25, 0.3) is 11.6 Å². The first-order valence-electron chi connectivity index (χ1n) is 8.46. The van der Waals surface area contributed by atoms with Gasteiger partial charge < -0.3 is 20.1 Å². The minimum Gasteiger partial charge on any atom is -0.493 e. The number of carbonyl (C=O) groups excluding carboxylic acids is 1. The van der Waals surface area contributed by atoms with E-state index in [1.807, 2.05) is 5.38 Å². The summed E-state index contributed by atoms with van der Waals surface area (Å²) >= 11 is 1.43. The Kier molecular flexibility index (Phi) is 6.20. The van der Waals surface area contributed by atoms with E-state index in [0.29, 0.717) is 5.69 Å². The lowest BCUT2D eigenvalue weighted by molar-refractivity contribution is -0.385. The van der Waals surface area contributed by atoms with E-state index in [4.69, 9.17) is 9.47 Å². The molecule has 2 N–H and O–H groups in total. The van der Waals surface area contributed by atoms with Crippen molar-refractivity contribution in [3.8, 4) is 11.5 Å². The van der Waals surface area contributed by atoms with Crippen LogP contribution in [0.1, 0.15) is 28.9 Å². The first-order chi connectivity index (χ1) is 13.1. The SMILES string of the molecule is COc1cc(C(=O)NC2CCNCC2)c([N+](=O)[O-])cc1OCc1cscn1. The minimum atomic E-state index is -0.591. The fourth-order valence-corrected chi connectivity index (χ4v) is 3.39. The van der Waals surface area contributed by atoms with Crippen LogP contribution in [0.2, 0.25) is 0 Å². The fraction of sp³-hybridized carbons (Fsp3) is 0.412. The van der Waals surface area contributed by atoms with Crippen molar-refractivity contribution >= 4 is 22.9 Å². The van der Waals surface area contributed by atoms with Gasteiger partial charge in [-0.25, -0.2) is 4.98 Å². The Hall–Kier alpha value is -2.72. The number of aromatic nitrogens is 1. The number of nitro groups is 1. The van der Waals surface area contributed by atoms with E-state index in [1.54, 1.807) is 5.51 Å². The van der Waals surface area contributed by atoms with Crippen molar-refractivity contribution in [1.29, 1.82) is 0 Å². The monoisotopic (exact) mass is 392 g/mol. The fourth-order valence-electron chi connectivity index (χ4n) is 2.84. The predicted molar refractivity (Wildman–Crippen MR) is 99.5 cm³/mol. The van der Waals surface area contributed by atoms with E-state index in [-0.39, 0.29) is 35.4 Å². The lowest BCUT2D eigenvalue weighted by atomic mass is 10.1. The van der Waals surface area contributed by atoms with Crippen molar-refractivity contribution < 1.29 is 19.2 Å². The molecule has 10 heteroatoms. The third-order valence-corrected chi connectivity index (χ3v) is 4.89. The highest BCUT2D eigenvalue weighted by Gasteiger charge is 2.26. The summed E-state index contributed by atoms with van der Waals surface area (Å²) in [4.78, 5) is 27.6. The van der Waals surface area contributed by atoms with Crippen molar-refractivity contribution in [2.24, 2.45) is 0 Å². The van der Waals surface area contributed by atoms with Crippen LogP contribution in [0.5, 0.6) is 11.5 Å². The second kappa shape index (κ2) is 8.78. The average molecular weight is 392 g/mol. The molecule has 2 heterocycles. The second-order valence-electron chi connectivity index (χ2n) is 6.04. The number of nitrogens with one attached hydrogen (secondary N) is 2. The maximum Gasteiger partial charge on any atom is 0.286 e. The highest BCUT2D eigenvalue weighted by molar-refractivity contribution is 7.07. The van der Waals surface area contributed by atoms with E-state index in [9.17, 15) is 14.9 Å². The summed E-state index contributed by atoms with van der Waals surface area (Å²) in [6.45, 7) is 1.76. The zero-order chi connectivity index (χ0) is 19.2. The summed E-state index contributed by atoms with van der Waals surface area (Å²) in [6.07, 6.45) is 1.57. The molecule has 1 aliphatic heterocycles. The van der Waals surface area contributed by atoms with Crippen molar-refractivity contribution in [3.63, 3.8) is 0 Å². The van der Waals surface area contributed by atoms with E-state index in [2.05, 4.69) is 15.6 Å². The number of piperidine rings is 1. The molecule has 27 heavy (non-hydrogen) atoms. The van der Waals surface area contributed by atoms with Crippen LogP contribution in [-0.4, -0.2) is 42.1 Å². The highest BCUT2D eigenvalue weighted by atomic mass is 32.1. The molecular formula is C17H20N4O5S. The van der Waals surface area contributed by atoms with Crippen LogP contribution in [0.15, 0.2) is 23.0 Å². The molecule has 0 spiro atoms. The van der Waals surface area contributed by atoms with Crippen molar-refractivity contribution in [3.05, 3.63) is 44.4 Å². The van der Waals surface area contributed by atoms with E-state index in [0.717, 1.165) is 25.9 Å². The number of benzene rings is 1. The van der Waals surface area contributed by atoms with Crippen LogP contribution in [0.25, 0.3) is 0 Å². The molecule has 1 fully saturated rings. The number of nitro benzene ring substituents is 1. The topological polar surface area (TPSA) is 116 Å². The van der Waals surface area contributed by atoms with Gasteiger partial charge >= 0.3 is 0 Å². The molecule has 144 valence electrons. The number of rotatable bonds is 7. The lowest BCUT2D eigenvalue weighted by Gasteiger charge is -2.23. The number of nitrogens with zero attached hydrogens (tertiary/aromatic N) is 2. The molecule has 9 nitrogen and oxygen atoms in total. The van der Waals surface area contributed by atoms with Crippen LogP contribution < -0.4 is 20.1 Å². The molecule has 3 rings (SSSR count). The van der Waals surface area contributed by atoms with E-state index < -0.39 is 10.8 Å². The van der Waals surface area contributed by atoms with Crippen LogP contribution in [0, 0.1) is 10.1 Å². The minimum absolute atomic E-state index is 0.00931. The Morgan fingerprint density at radius 3 is 2.81 bits per heavy atom. The predicted octanol–water partition coefficient (Wildman–Crippen LogP) is 2.12. The van der Waals surface area contributed by atoms with Gasteiger partial charge in [0, 0.05) is 17.5 Å². The second-order valence-corrected chi connectivity index (χ2v) is 6.76. The number of hydrogen-bond acceptors (Lipinski definition) is 8. The summed E-state index contributed by atoms with van der Waals surface area (Å²) < 4.78 is 10.9. The van der Waals surface area contributed by atoms with Crippen LogP contribution in [-0.2, 0) is 6.61 Å². The molecule has 1 amide bonds. The van der Waals surface area contributed by atoms with Gasteiger partial charge in [0.1, 0.15) is 12.2 Å². The molecular weight excluding hydrogens is 372 g/mol. The van der Waals surface area contributed by atoms with Crippen molar-refractivity contribution in [2.75, 3.05) is 20.2 Å². The molecule has 0 saturated carbocycles. The Bertz CT molecular complexity index is 806.